The van der Waals surface area contributed by atoms with Gasteiger partial charge in [-0.2, -0.15) is 0 Å². The summed E-state index contributed by atoms with van der Waals surface area (Å²) in [5, 5.41) is 27.6. The number of aliphatic hydroxyl groups excluding tert-OH is 1. The number of carbonyl (C=O) groups is 2. The fourth-order valence-corrected chi connectivity index (χ4v) is 2.31. The molecular weight excluding hydrogens is 250 g/mol. The second-order valence-corrected chi connectivity index (χ2v) is 4.54. The molecule has 0 bridgehead atoms. The van der Waals surface area contributed by atoms with Crippen LogP contribution in [0.4, 0.5) is 0 Å². The van der Waals surface area contributed by atoms with Crippen molar-refractivity contribution in [1.29, 1.82) is 0 Å². The Bertz CT molecular complexity index is 484. The van der Waals surface area contributed by atoms with Crippen LogP contribution in [0.3, 0.4) is 0 Å². The minimum atomic E-state index is -1.57. The van der Waals surface area contributed by atoms with Crippen molar-refractivity contribution in [3.63, 3.8) is 0 Å². The predicted molar refractivity (Wildman–Crippen MR) is 65.8 cm³/mol. The van der Waals surface area contributed by atoms with E-state index < -0.39 is 18.1 Å². The number of amides is 1. The molecule has 19 heavy (non-hydrogen) atoms. The molecule has 3 N–H and O–H groups in total. The van der Waals surface area contributed by atoms with Gasteiger partial charge in [0.1, 0.15) is 5.75 Å². The lowest BCUT2D eigenvalue weighted by atomic mass is 10.1. The Morgan fingerprint density at radius 3 is 2.47 bits per heavy atom. The molecule has 6 heteroatoms. The third-order valence-electron chi connectivity index (χ3n) is 3.29. The molecule has 0 spiro atoms. The van der Waals surface area contributed by atoms with Gasteiger partial charge in [-0.3, -0.25) is 4.79 Å². The van der Waals surface area contributed by atoms with Gasteiger partial charge in [0.05, 0.1) is 6.04 Å². The Balaban J connectivity index is 2.18. The summed E-state index contributed by atoms with van der Waals surface area (Å²) in [4.78, 5) is 24.4. The van der Waals surface area contributed by atoms with Crippen molar-refractivity contribution in [1.82, 2.24) is 4.90 Å². The predicted octanol–water partition coefficient (Wildman–Crippen LogP) is 0.442. The highest BCUT2D eigenvalue weighted by Gasteiger charge is 2.37. The minimum absolute atomic E-state index is 0.0556. The number of nitrogens with zero attached hydrogens (tertiary/aromatic N) is 1. The van der Waals surface area contributed by atoms with Gasteiger partial charge in [0.15, 0.2) is 6.10 Å². The van der Waals surface area contributed by atoms with Crippen molar-refractivity contribution in [3.05, 3.63) is 29.8 Å². The maximum Gasteiger partial charge on any atom is 0.334 e. The molecule has 0 aliphatic carbocycles. The fourth-order valence-electron chi connectivity index (χ4n) is 2.31. The first kappa shape index (κ1) is 13.4. The van der Waals surface area contributed by atoms with Crippen LogP contribution in [0.2, 0.25) is 0 Å². The largest absolute Gasteiger partial charge is 0.508 e. The van der Waals surface area contributed by atoms with E-state index in [1.165, 1.54) is 29.2 Å². The number of aromatic hydroxyl groups is 1. The lowest BCUT2D eigenvalue weighted by Gasteiger charge is -2.26. The van der Waals surface area contributed by atoms with Crippen LogP contribution in [0.1, 0.15) is 23.2 Å². The molecule has 2 atom stereocenters. The van der Waals surface area contributed by atoms with Gasteiger partial charge in [-0.05, 0) is 37.1 Å². The van der Waals surface area contributed by atoms with E-state index >= 15 is 0 Å². The van der Waals surface area contributed by atoms with E-state index in [9.17, 15) is 19.8 Å². The normalized spacial score (nSPS) is 20.3. The Hall–Kier alpha value is -2.08. The molecule has 1 aromatic rings. The molecule has 1 aromatic carbocycles. The number of aliphatic carboxylic acids is 1. The quantitative estimate of drug-likeness (QED) is 0.736. The van der Waals surface area contributed by atoms with Gasteiger partial charge in [0, 0.05) is 12.1 Å². The maximum absolute atomic E-state index is 12.2. The fraction of sp³-hybridized carbons (Fsp3) is 0.385. The number of aliphatic hydroxyl groups is 1. The molecule has 0 radical (unpaired) electrons. The van der Waals surface area contributed by atoms with E-state index in [1.54, 1.807) is 0 Å². The van der Waals surface area contributed by atoms with E-state index in [0.717, 1.165) is 0 Å². The number of hydrogen-bond acceptors (Lipinski definition) is 4. The minimum Gasteiger partial charge on any atom is -0.508 e. The standard InChI is InChI=1S/C13H15NO5/c15-9-5-3-8(4-6-9)12(17)14-7-1-2-10(14)11(16)13(18)19/h3-6,10-11,15-16H,1-2,7H2,(H,18,19)/t10-,11?/m0/s1. The van der Waals surface area contributed by atoms with Crippen molar-refractivity contribution in [2.24, 2.45) is 0 Å². The molecule has 102 valence electrons. The SMILES string of the molecule is O=C(O)C(O)[C@@H]1CCCN1C(=O)c1ccc(O)cc1. The number of phenolic OH excluding ortho intramolecular Hbond substituents is 1. The number of phenols is 1. The van der Waals surface area contributed by atoms with Crippen molar-refractivity contribution in [2.75, 3.05) is 6.54 Å². The highest BCUT2D eigenvalue weighted by molar-refractivity contribution is 5.95. The van der Waals surface area contributed by atoms with Gasteiger partial charge < -0.3 is 20.2 Å². The summed E-state index contributed by atoms with van der Waals surface area (Å²) < 4.78 is 0. The van der Waals surface area contributed by atoms with Gasteiger partial charge >= 0.3 is 5.97 Å². The van der Waals surface area contributed by atoms with Gasteiger partial charge in [-0.1, -0.05) is 0 Å². The Morgan fingerprint density at radius 2 is 1.89 bits per heavy atom. The Kier molecular flexibility index (Phi) is 3.71. The lowest BCUT2D eigenvalue weighted by Crippen LogP contribution is -2.46. The van der Waals surface area contributed by atoms with Crippen LogP contribution < -0.4 is 0 Å². The maximum atomic E-state index is 12.2. The van der Waals surface area contributed by atoms with E-state index in [-0.39, 0.29) is 11.7 Å². The van der Waals surface area contributed by atoms with E-state index in [4.69, 9.17) is 5.11 Å². The number of rotatable bonds is 3. The molecule has 1 aliphatic rings. The van der Waals surface area contributed by atoms with Crippen molar-refractivity contribution >= 4 is 11.9 Å². The van der Waals surface area contributed by atoms with Gasteiger partial charge in [-0.25, -0.2) is 4.79 Å². The van der Waals surface area contributed by atoms with Crippen molar-refractivity contribution in [2.45, 2.75) is 25.0 Å². The summed E-state index contributed by atoms with van der Waals surface area (Å²) in [6.07, 6.45) is -0.431. The summed E-state index contributed by atoms with van der Waals surface area (Å²) in [6.45, 7) is 0.425. The molecule has 0 saturated carbocycles. The first-order valence-corrected chi connectivity index (χ1v) is 6.01. The van der Waals surface area contributed by atoms with Crippen LogP contribution in [-0.2, 0) is 4.79 Å². The van der Waals surface area contributed by atoms with Gasteiger partial charge in [0.25, 0.3) is 5.91 Å². The van der Waals surface area contributed by atoms with Crippen molar-refractivity contribution < 1.29 is 24.9 Å². The first-order valence-electron chi connectivity index (χ1n) is 6.01. The number of carboxylic acid groups (broad SMARTS) is 1. The monoisotopic (exact) mass is 265 g/mol. The molecular formula is C13H15NO5. The molecule has 1 heterocycles. The number of likely N-dealkylation sites (tertiary alicyclic amines) is 1. The molecule has 1 aliphatic heterocycles. The van der Waals surface area contributed by atoms with E-state index in [0.29, 0.717) is 24.9 Å². The topological polar surface area (TPSA) is 98.1 Å². The van der Waals surface area contributed by atoms with Crippen LogP contribution >= 0.6 is 0 Å². The first-order chi connectivity index (χ1) is 9.00. The second kappa shape index (κ2) is 5.27. The highest BCUT2D eigenvalue weighted by Crippen LogP contribution is 2.23. The zero-order valence-electron chi connectivity index (χ0n) is 10.2. The van der Waals surface area contributed by atoms with Gasteiger partial charge in [0.2, 0.25) is 0 Å². The molecule has 6 nitrogen and oxygen atoms in total. The summed E-state index contributed by atoms with van der Waals surface area (Å²) in [5.41, 5.74) is 0.363. The highest BCUT2D eigenvalue weighted by atomic mass is 16.4. The summed E-state index contributed by atoms with van der Waals surface area (Å²) in [7, 11) is 0. The lowest BCUT2D eigenvalue weighted by molar-refractivity contribution is -0.149. The Morgan fingerprint density at radius 1 is 1.26 bits per heavy atom. The van der Waals surface area contributed by atoms with Crippen LogP contribution in [-0.4, -0.2) is 50.8 Å². The third kappa shape index (κ3) is 2.68. The van der Waals surface area contributed by atoms with Crippen LogP contribution in [0.25, 0.3) is 0 Å². The zero-order valence-corrected chi connectivity index (χ0v) is 10.2. The molecule has 2 rings (SSSR count). The number of carboxylic acids is 1. The van der Waals surface area contributed by atoms with Gasteiger partial charge in [-0.15, -0.1) is 0 Å². The summed E-state index contributed by atoms with van der Waals surface area (Å²) in [6, 6.07) is 5.04. The molecule has 1 saturated heterocycles. The van der Waals surface area contributed by atoms with E-state index in [1.807, 2.05) is 0 Å². The number of carbonyl (C=O) groups excluding carboxylic acids is 1. The van der Waals surface area contributed by atoms with E-state index in [2.05, 4.69) is 0 Å². The number of hydrogen-bond donors (Lipinski definition) is 3. The van der Waals surface area contributed by atoms with Crippen molar-refractivity contribution in [3.8, 4) is 5.75 Å². The smallest absolute Gasteiger partial charge is 0.334 e. The summed E-state index contributed by atoms with van der Waals surface area (Å²) >= 11 is 0. The van der Waals surface area contributed by atoms with Crippen LogP contribution in [0.15, 0.2) is 24.3 Å². The molecule has 1 amide bonds. The van der Waals surface area contributed by atoms with Crippen LogP contribution in [0.5, 0.6) is 5.75 Å². The average Bonchev–Trinajstić information content (AvgIpc) is 2.86. The van der Waals surface area contributed by atoms with Crippen LogP contribution in [0, 0.1) is 0 Å². The average molecular weight is 265 g/mol. The third-order valence-corrected chi connectivity index (χ3v) is 3.29. The summed E-state index contributed by atoms with van der Waals surface area (Å²) in [5.74, 6) is -1.60. The number of benzene rings is 1. The molecule has 0 aromatic heterocycles. The Labute approximate surface area is 109 Å². The zero-order chi connectivity index (χ0) is 14.0. The molecule has 1 unspecified atom stereocenters. The second-order valence-electron chi connectivity index (χ2n) is 4.54. The molecule has 1 fully saturated rings.